The third kappa shape index (κ3) is 9.50. The topological polar surface area (TPSA) is 131 Å². The lowest BCUT2D eigenvalue weighted by Crippen LogP contribution is -2.37. The van der Waals surface area contributed by atoms with Crippen molar-refractivity contribution in [1.82, 2.24) is 0 Å². The Bertz CT molecular complexity index is 1040. The molecule has 0 bridgehead atoms. The van der Waals surface area contributed by atoms with Crippen molar-refractivity contribution in [3.8, 4) is 11.5 Å². The van der Waals surface area contributed by atoms with E-state index in [0.29, 0.717) is 24.0 Å². The maximum absolute atomic E-state index is 12.5. The molecule has 0 aliphatic rings. The van der Waals surface area contributed by atoms with E-state index in [1.54, 1.807) is 43.3 Å². The van der Waals surface area contributed by atoms with E-state index in [0.717, 1.165) is 0 Å². The Morgan fingerprint density at radius 1 is 0.861 bits per heavy atom. The van der Waals surface area contributed by atoms with Gasteiger partial charge in [0.1, 0.15) is 18.8 Å². The molecule has 0 heterocycles. The van der Waals surface area contributed by atoms with Gasteiger partial charge >= 0.3 is 23.9 Å². The molecule has 36 heavy (non-hydrogen) atoms. The van der Waals surface area contributed by atoms with Crippen LogP contribution in [0.1, 0.15) is 62.4 Å². The van der Waals surface area contributed by atoms with Crippen LogP contribution in [0.5, 0.6) is 11.5 Å². The molecule has 2 atom stereocenters. The van der Waals surface area contributed by atoms with Crippen LogP contribution < -0.4 is 15.2 Å². The lowest BCUT2D eigenvalue weighted by molar-refractivity contribution is -0.151. The summed E-state index contributed by atoms with van der Waals surface area (Å²) in [5, 5.41) is 0. The Labute approximate surface area is 210 Å². The van der Waals surface area contributed by atoms with Crippen LogP contribution in [-0.2, 0) is 30.3 Å². The van der Waals surface area contributed by atoms with Gasteiger partial charge in [-0.05, 0) is 56.0 Å². The summed E-state index contributed by atoms with van der Waals surface area (Å²) in [5.41, 5.74) is 7.00. The molecule has 194 valence electrons. The van der Waals surface area contributed by atoms with Crippen LogP contribution in [0.4, 0.5) is 0 Å². The summed E-state index contributed by atoms with van der Waals surface area (Å²) in [7, 11) is 0. The van der Waals surface area contributed by atoms with Gasteiger partial charge in [-0.2, -0.15) is 0 Å². The van der Waals surface area contributed by atoms with Gasteiger partial charge in [0.25, 0.3) is 0 Å². The second-order valence-electron chi connectivity index (χ2n) is 8.25. The van der Waals surface area contributed by atoms with E-state index in [1.807, 2.05) is 13.8 Å². The second-order valence-corrected chi connectivity index (χ2v) is 8.25. The Balaban J connectivity index is 1.98. The molecule has 9 nitrogen and oxygen atoms in total. The number of nitrogens with two attached hydrogens (primary N) is 1. The first kappa shape index (κ1) is 28.5. The number of carbonyl (C=O) groups is 4. The van der Waals surface area contributed by atoms with Crippen molar-refractivity contribution in [2.75, 3.05) is 6.61 Å². The van der Waals surface area contributed by atoms with Crippen LogP contribution >= 0.6 is 0 Å². The highest BCUT2D eigenvalue weighted by Gasteiger charge is 2.21. The fourth-order valence-electron chi connectivity index (χ4n) is 3.11. The van der Waals surface area contributed by atoms with Gasteiger partial charge in [-0.25, -0.2) is 4.79 Å². The van der Waals surface area contributed by atoms with Gasteiger partial charge in [0.15, 0.2) is 11.5 Å². The standard InChI is InChI=1S/C27H33NO8/c1-4-9-24(29)35-22-14-13-19(16-23(22)36-25(30)10-5-2)15-21(28)27(32)34-18(3)17-33-26(31)20-11-7-6-8-12-20/h6-8,11-14,16,18,21H,4-5,9-10,15,17,28H2,1-3H3/t18-,21-/m0/s1. The minimum Gasteiger partial charge on any atom is -0.458 e. The predicted octanol–water partition coefficient (Wildman–Crippen LogP) is 3.76. The van der Waals surface area contributed by atoms with Crippen molar-refractivity contribution in [2.45, 2.75) is 65.0 Å². The summed E-state index contributed by atoms with van der Waals surface area (Å²) in [4.78, 5) is 48.5. The predicted molar refractivity (Wildman–Crippen MR) is 131 cm³/mol. The molecule has 0 unspecified atom stereocenters. The Morgan fingerprint density at radius 3 is 2.08 bits per heavy atom. The Hall–Kier alpha value is -3.72. The van der Waals surface area contributed by atoms with Crippen molar-refractivity contribution in [2.24, 2.45) is 5.73 Å². The van der Waals surface area contributed by atoms with Crippen molar-refractivity contribution >= 4 is 23.9 Å². The number of carbonyl (C=O) groups excluding carboxylic acids is 4. The van der Waals surface area contributed by atoms with E-state index < -0.39 is 36.0 Å². The fraction of sp³-hybridized carbons (Fsp3) is 0.407. The zero-order chi connectivity index (χ0) is 26.5. The van der Waals surface area contributed by atoms with Gasteiger partial charge in [-0.1, -0.05) is 38.1 Å². The van der Waals surface area contributed by atoms with Crippen LogP contribution in [0.15, 0.2) is 48.5 Å². The van der Waals surface area contributed by atoms with Gasteiger partial charge in [-0.15, -0.1) is 0 Å². The average molecular weight is 500 g/mol. The molecule has 0 saturated carbocycles. The summed E-state index contributed by atoms with van der Waals surface area (Å²) < 4.78 is 21.2. The molecule has 0 spiro atoms. The van der Waals surface area contributed by atoms with Crippen molar-refractivity contribution in [3.63, 3.8) is 0 Å². The summed E-state index contributed by atoms with van der Waals surface area (Å²) in [6, 6.07) is 12.1. The van der Waals surface area contributed by atoms with Crippen LogP contribution in [-0.4, -0.2) is 42.6 Å². The van der Waals surface area contributed by atoms with Gasteiger partial charge in [0.2, 0.25) is 0 Å². The largest absolute Gasteiger partial charge is 0.458 e. The lowest BCUT2D eigenvalue weighted by atomic mass is 10.1. The number of hydrogen-bond acceptors (Lipinski definition) is 9. The molecule has 9 heteroatoms. The van der Waals surface area contributed by atoms with E-state index in [-0.39, 0.29) is 37.4 Å². The summed E-state index contributed by atoms with van der Waals surface area (Å²) in [6.45, 7) is 5.16. The first-order valence-corrected chi connectivity index (χ1v) is 12.0. The average Bonchev–Trinajstić information content (AvgIpc) is 2.85. The summed E-state index contributed by atoms with van der Waals surface area (Å²) >= 11 is 0. The van der Waals surface area contributed by atoms with Gasteiger partial charge in [0.05, 0.1) is 5.56 Å². The minimum absolute atomic E-state index is 0.0802. The first-order valence-electron chi connectivity index (χ1n) is 12.0. The monoisotopic (exact) mass is 499 g/mol. The minimum atomic E-state index is -1.02. The maximum atomic E-state index is 12.5. The maximum Gasteiger partial charge on any atom is 0.338 e. The lowest BCUT2D eigenvalue weighted by Gasteiger charge is -2.18. The number of hydrogen-bond donors (Lipinski definition) is 1. The highest BCUT2D eigenvalue weighted by Crippen LogP contribution is 2.30. The Morgan fingerprint density at radius 2 is 1.47 bits per heavy atom. The molecule has 0 radical (unpaired) electrons. The van der Waals surface area contributed by atoms with Crippen molar-refractivity contribution in [3.05, 3.63) is 59.7 Å². The SMILES string of the molecule is CCCC(=O)Oc1ccc(C[C@H](N)C(=O)O[C@@H](C)COC(=O)c2ccccc2)cc1OC(=O)CCC. The molecule has 0 fully saturated rings. The van der Waals surface area contributed by atoms with Crippen LogP contribution in [0, 0.1) is 0 Å². The zero-order valence-corrected chi connectivity index (χ0v) is 20.9. The third-order valence-corrected chi connectivity index (χ3v) is 4.90. The molecular formula is C27H33NO8. The Kier molecular flexibility index (Phi) is 11.6. The van der Waals surface area contributed by atoms with E-state index in [9.17, 15) is 19.2 Å². The zero-order valence-electron chi connectivity index (χ0n) is 20.9. The fourth-order valence-corrected chi connectivity index (χ4v) is 3.11. The van der Waals surface area contributed by atoms with Gasteiger partial charge in [0, 0.05) is 12.8 Å². The van der Waals surface area contributed by atoms with Crippen LogP contribution in [0.25, 0.3) is 0 Å². The summed E-state index contributed by atoms with van der Waals surface area (Å²) in [5.74, 6) is -1.91. The van der Waals surface area contributed by atoms with Crippen molar-refractivity contribution in [1.29, 1.82) is 0 Å². The summed E-state index contributed by atoms with van der Waals surface area (Å²) in [6.07, 6.45) is 1.01. The molecular weight excluding hydrogens is 466 g/mol. The highest BCUT2D eigenvalue weighted by atomic mass is 16.6. The number of esters is 4. The molecule has 2 rings (SSSR count). The smallest absolute Gasteiger partial charge is 0.338 e. The number of rotatable bonds is 13. The van der Waals surface area contributed by atoms with Gasteiger partial charge < -0.3 is 24.7 Å². The van der Waals surface area contributed by atoms with E-state index in [1.165, 1.54) is 12.1 Å². The second kappa shape index (κ2) is 14.6. The number of ether oxygens (including phenoxy) is 4. The van der Waals surface area contributed by atoms with Crippen molar-refractivity contribution < 1.29 is 38.1 Å². The molecule has 2 aromatic carbocycles. The van der Waals surface area contributed by atoms with E-state index in [2.05, 4.69) is 0 Å². The van der Waals surface area contributed by atoms with E-state index in [4.69, 9.17) is 24.7 Å². The molecule has 2 aromatic rings. The van der Waals surface area contributed by atoms with Crippen LogP contribution in [0.2, 0.25) is 0 Å². The molecule has 0 aromatic heterocycles. The molecule has 2 N–H and O–H groups in total. The van der Waals surface area contributed by atoms with Crippen LogP contribution in [0.3, 0.4) is 0 Å². The quantitative estimate of drug-likeness (QED) is 0.323. The highest BCUT2D eigenvalue weighted by molar-refractivity contribution is 5.89. The molecule has 0 amide bonds. The first-order chi connectivity index (χ1) is 17.2. The normalized spacial score (nSPS) is 12.2. The van der Waals surface area contributed by atoms with E-state index >= 15 is 0 Å². The molecule has 0 aliphatic heterocycles. The molecule has 0 saturated heterocycles. The van der Waals surface area contributed by atoms with Gasteiger partial charge in [-0.3, -0.25) is 14.4 Å². The number of benzene rings is 2. The molecule has 0 aliphatic carbocycles. The third-order valence-electron chi connectivity index (χ3n) is 4.90.